The van der Waals surface area contributed by atoms with Crippen LogP contribution in [0.2, 0.25) is 0 Å². The first-order valence-corrected chi connectivity index (χ1v) is 13.3. The molecule has 5 aliphatic rings. The molecule has 1 amide bonds. The van der Waals surface area contributed by atoms with Crippen LogP contribution in [-0.4, -0.2) is 101 Å². The number of fused-ring (bicyclic) bond motifs is 7. The molecule has 0 bridgehead atoms. The zero-order chi connectivity index (χ0) is 28.3. The Morgan fingerprint density at radius 2 is 1.87 bits per heavy atom. The van der Waals surface area contributed by atoms with Crippen molar-refractivity contribution in [3.05, 3.63) is 45.4 Å². The van der Waals surface area contributed by atoms with E-state index in [1.807, 2.05) is 7.05 Å². The van der Waals surface area contributed by atoms with E-state index in [9.17, 15) is 34.8 Å². The number of primary amides is 1. The van der Waals surface area contributed by atoms with Crippen LogP contribution < -0.4 is 10.6 Å². The Balaban J connectivity index is 1.55. The molecule has 3 unspecified atom stereocenters. The molecule has 6 rings (SSSR count). The molecule has 3 aliphatic carbocycles. The van der Waals surface area contributed by atoms with Crippen LogP contribution in [0, 0.1) is 17.8 Å². The number of amides is 1. The molecule has 0 aromatic heterocycles. The van der Waals surface area contributed by atoms with Crippen molar-refractivity contribution < 1.29 is 34.8 Å². The van der Waals surface area contributed by atoms with Crippen LogP contribution in [0.1, 0.15) is 40.4 Å². The quantitative estimate of drug-likeness (QED) is 0.336. The highest BCUT2D eigenvalue weighted by molar-refractivity contribution is 6.25. The van der Waals surface area contributed by atoms with Crippen LogP contribution in [0.25, 0.3) is 0 Å². The minimum atomic E-state index is -2.63. The lowest BCUT2D eigenvalue weighted by molar-refractivity contribution is -0.148. The zero-order valence-corrected chi connectivity index (χ0v) is 22.4. The third-order valence-electron chi connectivity index (χ3n) is 9.71. The minimum Gasteiger partial charge on any atom is -0.510 e. The fourth-order valence-electron chi connectivity index (χ4n) is 8.17. The largest absolute Gasteiger partial charge is 0.510 e. The molecule has 208 valence electrons. The Morgan fingerprint density at radius 3 is 2.51 bits per heavy atom. The van der Waals surface area contributed by atoms with Gasteiger partial charge in [0.15, 0.2) is 11.4 Å². The highest BCUT2D eigenvalue weighted by Gasteiger charge is 2.63. The van der Waals surface area contributed by atoms with Crippen LogP contribution in [0.15, 0.2) is 28.7 Å². The van der Waals surface area contributed by atoms with E-state index < -0.39 is 58.0 Å². The van der Waals surface area contributed by atoms with Gasteiger partial charge >= 0.3 is 0 Å². The Morgan fingerprint density at radius 1 is 1.18 bits per heavy atom. The Hall–Kier alpha value is -3.41. The van der Waals surface area contributed by atoms with Crippen molar-refractivity contribution in [2.75, 3.05) is 46.2 Å². The van der Waals surface area contributed by atoms with Crippen LogP contribution in [0.5, 0.6) is 5.75 Å². The Kier molecular flexibility index (Phi) is 5.50. The van der Waals surface area contributed by atoms with E-state index in [1.54, 1.807) is 25.1 Å². The molecule has 0 spiro atoms. The first-order valence-electron chi connectivity index (χ1n) is 13.3. The number of phenols is 1. The number of nitrogens with two attached hydrogens (primary N) is 1. The van der Waals surface area contributed by atoms with Crippen LogP contribution in [-0.2, 0) is 16.0 Å². The third-order valence-corrected chi connectivity index (χ3v) is 9.71. The van der Waals surface area contributed by atoms with Crippen molar-refractivity contribution in [1.29, 1.82) is 0 Å². The summed E-state index contributed by atoms with van der Waals surface area (Å²) in [6.45, 7) is 1.74. The van der Waals surface area contributed by atoms with Crippen molar-refractivity contribution in [1.82, 2.24) is 9.80 Å². The summed E-state index contributed by atoms with van der Waals surface area (Å²) in [6, 6.07) is 0.746. The highest BCUT2D eigenvalue weighted by atomic mass is 16.3. The fourth-order valence-corrected chi connectivity index (χ4v) is 8.17. The third kappa shape index (κ3) is 3.17. The monoisotopic (exact) mass is 538 g/mol. The summed E-state index contributed by atoms with van der Waals surface area (Å²) < 4.78 is 0. The van der Waals surface area contributed by atoms with Crippen LogP contribution >= 0.6 is 0 Å². The number of benzene rings is 1. The molecule has 6 N–H and O–H groups in total. The van der Waals surface area contributed by atoms with Crippen molar-refractivity contribution in [3.8, 4) is 5.75 Å². The fraction of sp³-hybridized carbons (Fsp3) is 0.536. The topological polar surface area (TPSA) is 168 Å². The lowest BCUT2D eigenvalue weighted by atomic mass is 9.58. The second-order valence-corrected chi connectivity index (χ2v) is 12.0. The predicted octanol–water partition coefficient (Wildman–Crippen LogP) is 0.563. The Labute approximate surface area is 225 Å². The second-order valence-electron chi connectivity index (χ2n) is 12.0. The molecule has 6 atom stereocenters. The maximum atomic E-state index is 14.0. The van der Waals surface area contributed by atoms with Crippen LogP contribution in [0.4, 0.5) is 5.69 Å². The number of aliphatic hydroxyl groups is 3. The number of phenolic OH excluding ortho intramolecular Hbond substituents is 1. The first-order chi connectivity index (χ1) is 18.3. The van der Waals surface area contributed by atoms with Gasteiger partial charge in [-0.3, -0.25) is 24.2 Å². The van der Waals surface area contributed by atoms with Gasteiger partial charge in [-0.2, -0.15) is 0 Å². The number of likely N-dealkylation sites (tertiary alicyclic amines) is 1. The lowest BCUT2D eigenvalue weighted by Crippen LogP contribution is -2.63. The van der Waals surface area contributed by atoms with Gasteiger partial charge < -0.3 is 31.1 Å². The number of anilines is 1. The molecule has 1 aromatic rings. The standard InChI is InChI=1S/C28H34N4O7/c1-30(2)22-15-8-12-7-13-18(16(33)9-14-20-11(5-6-31(20)3)10-32(4)21(13)14)23(34)17(12)25(36)28(15,39)26(37)19(24(22)35)27(29)38/h9,11-12,15,20,22,33,35-36,39H,5-8,10H2,1-4H3,(H2,29,38)/t11?,12-,15-,20?,22-,28?/m1/s1. The molecule has 2 heterocycles. The van der Waals surface area contributed by atoms with E-state index in [1.165, 1.54) is 0 Å². The molecular weight excluding hydrogens is 504 g/mol. The average Bonchev–Trinajstić information content (AvgIpc) is 3.21. The number of carbonyl (C=O) groups is 3. The molecule has 11 nitrogen and oxygen atoms in total. The number of likely N-dealkylation sites (N-methyl/N-ethyl adjacent to an activating group) is 1. The number of rotatable bonds is 2. The molecule has 0 saturated carbocycles. The van der Waals surface area contributed by atoms with Crippen molar-refractivity contribution >= 4 is 23.2 Å². The van der Waals surface area contributed by atoms with Crippen molar-refractivity contribution in [2.45, 2.75) is 36.9 Å². The van der Waals surface area contributed by atoms with Crippen molar-refractivity contribution in [3.63, 3.8) is 0 Å². The number of aromatic hydroxyl groups is 1. The number of aliphatic hydroxyl groups excluding tert-OH is 2. The van der Waals surface area contributed by atoms with E-state index in [0.717, 1.165) is 30.8 Å². The summed E-state index contributed by atoms with van der Waals surface area (Å²) in [5, 5.41) is 45.3. The van der Waals surface area contributed by atoms with Gasteiger partial charge in [-0.1, -0.05) is 0 Å². The smallest absolute Gasteiger partial charge is 0.255 e. The number of allylic oxidation sites excluding steroid dienone is 1. The van der Waals surface area contributed by atoms with Crippen LogP contribution in [0.3, 0.4) is 0 Å². The van der Waals surface area contributed by atoms with Gasteiger partial charge in [0.2, 0.25) is 5.78 Å². The van der Waals surface area contributed by atoms with E-state index in [2.05, 4.69) is 16.8 Å². The molecule has 0 radical (unpaired) electrons. The summed E-state index contributed by atoms with van der Waals surface area (Å²) in [4.78, 5) is 45.5. The maximum Gasteiger partial charge on any atom is 0.255 e. The molecule has 2 aliphatic heterocycles. The first kappa shape index (κ1) is 25.8. The van der Waals surface area contributed by atoms with E-state index in [0.29, 0.717) is 11.5 Å². The van der Waals surface area contributed by atoms with Gasteiger partial charge in [0.05, 0.1) is 11.6 Å². The molecule has 1 aromatic carbocycles. The number of hydrogen-bond acceptors (Lipinski definition) is 10. The minimum absolute atomic E-state index is 0.0560. The molecule has 39 heavy (non-hydrogen) atoms. The number of carbonyl (C=O) groups excluding carboxylic acids is 3. The lowest BCUT2D eigenvalue weighted by Gasteiger charge is -2.50. The number of nitrogens with zero attached hydrogens (tertiary/aromatic N) is 3. The normalized spacial score (nSPS) is 34.1. The number of ketones is 2. The van der Waals surface area contributed by atoms with Crippen molar-refractivity contribution in [2.24, 2.45) is 23.5 Å². The summed E-state index contributed by atoms with van der Waals surface area (Å²) in [5.41, 5.74) is 4.41. The van der Waals surface area contributed by atoms with E-state index >= 15 is 0 Å². The molecule has 11 heteroatoms. The average molecular weight is 539 g/mol. The molecular formula is C28H34N4O7. The Bertz CT molecular complexity index is 1410. The van der Waals surface area contributed by atoms with Gasteiger partial charge in [0.1, 0.15) is 22.8 Å². The summed E-state index contributed by atoms with van der Waals surface area (Å²) in [5.74, 6) is -5.98. The summed E-state index contributed by atoms with van der Waals surface area (Å²) in [6.07, 6.45) is 1.40. The zero-order valence-electron chi connectivity index (χ0n) is 22.4. The van der Waals surface area contributed by atoms with Gasteiger partial charge in [-0.05, 0) is 76.0 Å². The van der Waals surface area contributed by atoms with Gasteiger partial charge in [0.25, 0.3) is 5.91 Å². The van der Waals surface area contributed by atoms with E-state index in [-0.39, 0.29) is 35.8 Å². The van der Waals surface area contributed by atoms with Gasteiger partial charge in [-0.15, -0.1) is 0 Å². The van der Waals surface area contributed by atoms with Gasteiger partial charge in [0, 0.05) is 36.8 Å². The molecule has 1 fully saturated rings. The number of Topliss-reactive ketones (excluding diaryl/α,β-unsaturated/α-hetero) is 2. The summed E-state index contributed by atoms with van der Waals surface area (Å²) in [7, 11) is 7.27. The predicted molar refractivity (Wildman–Crippen MR) is 140 cm³/mol. The SMILES string of the molecule is CN1CC2CCN(C)C2c2cc(O)c3c(c21)C[C@@H]1C[C@@H]2[C@@H](N(C)C)C(O)=C(C(N)=O)C(=O)C2(O)C(O)=C1C3=O. The molecule has 1 saturated heterocycles. The summed E-state index contributed by atoms with van der Waals surface area (Å²) >= 11 is 0. The number of hydrogen-bond donors (Lipinski definition) is 5. The second kappa shape index (κ2) is 8.30. The van der Waals surface area contributed by atoms with Gasteiger partial charge in [-0.25, -0.2) is 0 Å². The highest BCUT2D eigenvalue weighted by Crippen LogP contribution is 2.55. The van der Waals surface area contributed by atoms with E-state index in [4.69, 9.17) is 5.73 Å². The maximum absolute atomic E-state index is 14.0.